The second kappa shape index (κ2) is 7.63. The second-order valence-electron chi connectivity index (χ2n) is 4.39. The van der Waals surface area contributed by atoms with Crippen LogP contribution in [-0.2, 0) is 16.1 Å². The first kappa shape index (κ1) is 15.3. The fourth-order valence-corrected chi connectivity index (χ4v) is 1.46. The molecular formula is C14H21NO4. The number of benzene rings is 1. The zero-order chi connectivity index (χ0) is 14.3. The van der Waals surface area contributed by atoms with Crippen molar-refractivity contribution in [1.29, 1.82) is 0 Å². The lowest BCUT2D eigenvalue weighted by Crippen LogP contribution is -2.21. The average Bonchev–Trinajstić information content (AvgIpc) is 2.42. The van der Waals surface area contributed by atoms with E-state index in [0.717, 1.165) is 12.1 Å². The van der Waals surface area contributed by atoms with Gasteiger partial charge in [-0.05, 0) is 17.7 Å². The molecule has 19 heavy (non-hydrogen) atoms. The standard InChI is InChI=1S/C14H21NO4/c1-10(2)15-8-11-5-6-12(17-3)13(7-11)19-9-14(16)18-4/h5-7,10,15H,8-9H2,1-4H3. The summed E-state index contributed by atoms with van der Waals surface area (Å²) in [4.78, 5) is 11.1. The zero-order valence-corrected chi connectivity index (χ0v) is 11.9. The Morgan fingerprint density at radius 2 is 2.00 bits per heavy atom. The van der Waals surface area contributed by atoms with Crippen molar-refractivity contribution < 1.29 is 19.0 Å². The number of hydrogen-bond donors (Lipinski definition) is 1. The maximum atomic E-state index is 11.1. The van der Waals surface area contributed by atoms with Gasteiger partial charge in [0, 0.05) is 12.6 Å². The largest absolute Gasteiger partial charge is 0.493 e. The zero-order valence-electron chi connectivity index (χ0n) is 11.9. The van der Waals surface area contributed by atoms with Gasteiger partial charge >= 0.3 is 5.97 Å². The molecule has 5 heteroatoms. The van der Waals surface area contributed by atoms with Gasteiger partial charge in [-0.25, -0.2) is 4.79 Å². The number of hydrogen-bond acceptors (Lipinski definition) is 5. The summed E-state index contributed by atoms with van der Waals surface area (Å²) in [5, 5.41) is 3.31. The predicted molar refractivity (Wildman–Crippen MR) is 72.5 cm³/mol. The van der Waals surface area contributed by atoms with E-state index in [2.05, 4.69) is 23.9 Å². The Bertz CT molecular complexity index is 418. The highest BCUT2D eigenvalue weighted by molar-refractivity contribution is 5.71. The second-order valence-corrected chi connectivity index (χ2v) is 4.39. The molecule has 0 aliphatic heterocycles. The van der Waals surface area contributed by atoms with Gasteiger partial charge in [-0.15, -0.1) is 0 Å². The van der Waals surface area contributed by atoms with Crippen molar-refractivity contribution >= 4 is 5.97 Å². The molecule has 0 amide bonds. The van der Waals surface area contributed by atoms with Crippen molar-refractivity contribution in [1.82, 2.24) is 5.32 Å². The van der Waals surface area contributed by atoms with Gasteiger partial charge < -0.3 is 19.5 Å². The van der Waals surface area contributed by atoms with E-state index in [-0.39, 0.29) is 6.61 Å². The molecule has 1 aromatic carbocycles. The minimum Gasteiger partial charge on any atom is -0.493 e. The molecular weight excluding hydrogens is 246 g/mol. The van der Waals surface area contributed by atoms with E-state index in [1.54, 1.807) is 7.11 Å². The summed E-state index contributed by atoms with van der Waals surface area (Å²) in [5.41, 5.74) is 1.06. The van der Waals surface area contributed by atoms with Gasteiger partial charge in [-0.1, -0.05) is 19.9 Å². The third-order valence-corrected chi connectivity index (χ3v) is 2.52. The molecule has 5 nitrogen and oxygen atoms in total. The molecule has 0 atom stereocenters. The van der Waals surface area contributed by atoms with Crippen molar-refractivity contribution in [3.05, 3.63) is 23.8 Å². The third-order valence-electron chi connectivity index (χ3n) is 2.52. The van der Waals surface area contributed by atoms with Crippen molar-refractivity contribution in [3.63, 3.8) is 0 Å². The molecule has 0 saturated heterocycles. The Hall–Kier alpha value is -1.75. The van der Waals surface area contributed by atoms with E-state index >= 15 is 0 Å². The minimum atomic E-state index is -0.423. The summed E-state index contributed by atoms with van der Waals surface area (Å²) in [7, 11) is 2.89. The van der Waals surface area contributed by atoms with Crippen LogP contribution >= 0.6 is 0 Å². The molecule has 0 heterocycles. The topological polar surface area (TPSA) is 56.8 Å². The lowest BCUT2D eigenvalue weighted by Gasteiger charge is -2.13. The van der Waals surface area contributed by atoms with E-state index in [9.17, 15) is 4.79 Å². The van der Waals surface area contributed by atoms with E-state index in [4.69, 9.17) is 9.47 Å². The molecule has 0 aliphatic carbocycles. The molecule has 0 radical (unpaired) electrons. The first-order valence-electron chi connectivity index (χ1n) is 6.16. The van der Waals surface area contributed by atoms with Gasteiger partial charge in [0.2, 0.25) is 0 Å². The first-order chi connectivity index (χ1) is 9.06. The van der Waals surface area contributed by atoms with Crippen LogP contribution < -0.4 is 14.8 Å². The molecule has 0 spiro atoms. The van der Waals surface area contributed by atoms with Crippen molar-refractivity contribution in [2.24, 2.45) is 0 Å². The van der Waals surface area contributed by atoms with Gasteiger partial charge in [0.25, 0.3) is 0 Å². The maximum Gasteiger partial charge on any atom is 0.343 e. The van der Waals surface area contributed by atoms with Crippen LogP contribution in [0.4, 0.5) is 0 Å². The molecule has 1 N–H and O–H groups in total. The van der Waals surface area contributed by atoms with Crippen LogP contribution in [-0.4, -0.2) is 32.8 Å². The van der Waals surface area contributed by atoms with E-state index in [1.165, 1.54) is 7.11 Å². The van der Waals surface area contributed by atoms with Crippen molar-refractivity contribution in [2.75, 3.05) is 20.8 Å². The summed E-state index contributed by atoms with van der Waals surface area (Å²) in [6, 6.07) is 6.04. The molecule has 106 valence electrons. The fraction of sp³-hybridized carbons (Fsp3) is 0.500. The van der Waals surface area contributed by atoms with Crippen LogP contribution in [0.5, 0.6) is 11.5 Å². The molecule has 0 saturated carbocycles. The van der Waals surface area contributed by atoms with E-state index in [0.29, 0.717) is 17.5 Å². The number of ether oxygens (including phenoxy) is 3. The molecule has 0 unspecified atom stereocenters. The van der Waals surface area contributed by atoms with Gasteiger partial charge in [0.15, 0.2) is 18.1 Å². The monoisotopic (exact) mass is 267 g/mol. The number of esters is 1. The van der Waals surface area contributed by atoms with Gasteiger partial charge in [-0.3, -0.25) is 0 Å². The fourth-order valence-electron chi connectivity index (χ4n) is 1.46. The first-order valence-corrected chi connectivity index (χ1v) is 6.16. The minimum absolute atomic E-state index is 0.131. The normalized spacial score (nSPS) is 10.4. The lowest BCUT2D eigenvalue weighted by atomic mass is 10.2. The maximum absolute atomic E-state index is 11.1. The van der Waals surface area contributed by atoms with Crippen LogP contribution in [0.3, 0.4) is 0 Å². The summed E-state index contributed by atoms with van der Waals surface area (Å²) < 4.78 is 15.1. The highest BCUT2D eigenvalue weighted by atomic mass is 16.6. The van der Waals surface area contributed by atoms with Crippen LogP contribution in [0.15, 0.2) is 18.2 Å². The van der Waals surface area contributed by atoms with E-state index < -0.39 is 5.97 Å². The highest BCUT2D eigenvalue weighted by Gasteiger charge is 2.09. The van der Waals surface area contributed by atoms with Crippen molar-refractivity contribution in [2.45, 2.75) is 26.4 Å². The number of carbonyl (C=O) groups is 1. The third kappa shape index (κ3) is 5.18. The summed E-state index contributed by atoms with van der Waals surface area (Å²) >= 11 is 0. The Kier molecular flexibility index (Phi) is 6.15. The molecule has 0 aliphatic rings. The SMILES string of the molecule is COC(=O)COc1cc(CNC(C)C)ccc1OC. The summed E-state index contributed by atoms with van der Waals surface area (Å²) in [6.45, 7) is 4.76. The van der Waals surface area contributed by atoms with E-state index in [1.807, 2.05) is 18.2 Å². The summed E-state index contributed by atoms with van der Waals surface area (Å²) in [6.07, 6.45) is 0. The van der Waals surface area contributed by atoms with Crippen LogP contribution in [0, 0.1) is 0 Å². The number of rotatable bonds is 7. The molecule has 1 rings (SSSR count). The van der Waals surface area contributed by atoms with Gasteiger partial charge in [0.05, 0.1) is 14.2 Å². The van der Waals surface area contributed by atoms with Gasteiger partial charge in [-0.2, -0.15) is 0 Å². The molecule has 0 fully saturated rings. The quantitative estimate of drug-likeness (QED) is 0.763. The van der Waals surface area contributed by atoms with Crippen LogP contribution in [0.25, 0.3) is 0 Å². The van der Waals surface area contributed by atoms with Crippen LogP contribution in [0.2, 0.25) is 0 Å². The van der Waals surface area contributed by atoms with Crippen LogP contribution in [0.1, 0.15) is 19.4 Å². The average molecular weight is 267 g/mol. The smallest absolute Gasteiger partial charge is 0.343 e. The Morgan fingerprint density at radius 1 is 1.26 bits per heavy atom. The summed E-state index contributed by atoms with van der Waals surface area (Å²) in [5.74, 6) is 0.709. The van der Waals surface area contributed by atoms with Gasteiger partial charge in [0.1, 0.15) is 0 Å². The molecule has 0 aromatic heterocycles. The number of nitrogens with one attached hydrogen (secondary N) is 1. The number of carbonyl (C=O) groups excluding carboxylic acids is 1. The predicted octanol–water partition coefficient (Wildman–Crippen LogP) is 1.74. The molecule has 1 aromatic rings. The Morgan fingerprint density at radius 3 is 2.58 bits per heavy atom. The Labute approximate surface area is 113 Å². The number of methoxy groups -OCH3 is 2. The van der Waals surface area contributed by atoms with Crippen molar-refractivity contribution in [3.8, 4) is 11.5 Å². The Balaban J connectivity index is 2.74. The lowest BCUT2D eigenvalue weighted by molar-refractivity contribution is -0.142. The highest BCUT2D eigenvalue weighted by Crippen LogP contribution is 2.28. The molecule has 0 bridgehead atoms.